The zero-order valence-electron chi connectivity index (χ0n) is 10.5. The summed E-state index contributed by atoms with van der Waals surface area (Å²) in [5, 5.41) is 14.1. The highest BCUT2D eigenvalue weighted by atomic mass is 32.2. The van der Waals surface area contributed by atoms with Crippen molar-refractivity contribution < 1.29 is 18.3 Å². The highest BCUT2D eigenvalue weighted by molar-refractivity contribution is 7.98. The third-order valence-electron chi connectivity index (χ3n) is 2.42. The number of aromatic nitrogens is 2. The summed E-state index contributed by atoms with van der Waals surface area (Å²) in [6, 6.07) is 0. The van der Waals surface area contributed by atoms with Gasteiger partial charge in [0.1, 0.15) is 5.56 Å². The van der Waals surface area contributed by atoms with Crippen LogP contribution < -0.4 is 4.72 Å². The van der Waals surface area contributed by atoms with Crippen LogP contribution in [0, 0.1) is 0 Å². The number of carboxylic acid groups (broad SMARTS) is 1. The number of hydrogen-bond acceptors (Lipinski definition) is 5. The minimum absolute atomic E-state index is 0.287. The van der Waals surface area contributed by atoms with E-state index in [1.165, 1.54) is 0 Å². The average molecular weight is 307 g/mol. The van der Waals surface area contributed by atoms with Gasteiger partial charge in [0, 0.05) is 6.54 Å². The fourth-order valence-corrected chi connectivity index (χ4v) is 3.11. The number of hydrogen-bond donors (Lipinski definition) is 3. The Balaban J connectivity index is 2.52. The first-order valence-electron chi connectivity index (χ1n) is 5.74. The highest BCUT2D eigenvalue weighted by Gasteiger charge is 2.24. The van der Waals surface area contributed by atoms with Gasteiger partial charge in [0.25, 0.3) is 10.0 Å². The maximum atomic E-state index is 11.9. The van der Waals surface area contributed by atoms with Gasteiger partial charge in [0.15, 0.2) is 5.03 Å². The number of nitrogens with one attached hydrogen (secondary N) is 2. The van der Waals surface area contributed by atoms with E-state index in [2.05, 4.69) is 14.9 Å². The quantitative estimate of drug-likeness (QED) is 0.585. The van der Waals surface area contributed by atoms with Crippen LogP contribution in [0.4, 0.5) is 0 Å². The SMILES string of the molecule is CSCCCCCNS(=O)(=O)c1[nH]ncc1C(=O)O. The van der Waals surface area contributed by atoms with Crippen LogP contribution >= 0.6 is 11.8 Å². The smallest absolute Gasteiger partial charge is 0.340 e. The van der Waals surface area contributed by atoms with Crippen LogP contribution in [-0.2, 0) is 10.0 Å². The molecule has 7 nitrogen and oxygen atoms in total. The van der Waals surface area contributed by atoms with Crippen LogP contribution in [0.25, 0.3) is 0 Å². The van der Waals surface area contributed by atoms with Gasteiger partial charge >= 0.3 is 5.97 Å². The van der Waals surface area contributed by atoms with E-state index in [-0.39, 0.29) is 12.1 Å². The van der Waals surface area contributed by atoms with Crippen LogP contribution in [0.3, 0.4) is 0 Å². The molecule has 108 valence electrons. The van der Waals surface area contributed by atoms with Crippen LogP contribution in [0.15, 0.2) is 11.2 Å². The fourth-order valence-electron chi connectivity index (χ4n) is 1.46. The van der Waals surface area contributed by atoms with E-state index in [0.717, 1.165) is 31.2 Å². The summed E-state index contributed by atoms with van der Waals surface area (Å²) in [4.78, 5) is 10.8. The number of H-pyrrole nitrogens is 1. The van der Waals surface area contributed by atoms with Gasteiger partial charge in [0.05, 0.1) is 6.20 Å². The second-order valence-electron chi connectivity index (χ2n) is 3.87. The van der Waals surface area contributed by atoms with Crippen molar-refractivity contribution >= 4 is 27.8 Å². The Morgan fingerprint density at radius 3 is 2.84 bits per heavy atom. The lowest BCUT2D eigenvalue weighted by molar-refractivity contribution is 0.0692. The summed E-state index contributed by atoms with van der Waals surface area (Å²) in [5.41, 5.74) is -0.352. The molecule has 0 atom stereocenters. The molecule has 0 fully saturated rings. The average Bonchev–Trinajstić information content (AvgIpc) is 2.83. The van der Waals surface area contributed by atoms with Crippen LogP contribution in [0.1, 0.15) is 29.6 Å². The Labute approximate surface area is 116 Å². The van der Waals surface area contributed by atoms with Crippen molar-refractivity contribution in [1.29, 1.82) is 0 Å². The number of rotatable bonds is 9. The van der Waals surface area contributed by atoms with Gasteiger partial charge in [0.2, 0.25) is 0 Å². The molecule has 19 heavy (non-hydrogen) atoms. The topological polar surface area (TPSA) is 112 Å². The van der Waals surface area contributed by atoms with Crippen molar-refractivity contribution in [3.05, 3.63) is 11.8 Å². The first-order chi connectivity index (χ1) is 8.99. The number of carbonyl (C=O) groups is 1. The van der Waals surface area contributed by atoms with Crippen molar-refractivity contribution in [2.75, 3.05) is 18.6 Å². The number of sulfonamides is 1. The number of aromatic amines is 1. The molecule has 0 spiro atoms. The van der Waals surface area contributed by atoms with Gasteiger partial charge in [-0.1, -0.05) is 6.42 Å². The van der Waals surface area contributed by atoms with Crippen molar-refractivity contribution in [2.45, 2.75) is 24.3 Å². The normalized spacial score (nSPS) is 11.6. The third-order valence-corrected chi connectivity index (χ3v) is 4.55. The third kappa shape index (κ3) is 4.84. The zero-order chi connectivity index (χ0) is 14.3. The van der Waals surface area contributed by atoms with Crippen molar-refractivity contribution in [2.24, 2.45) is 0 Å². The minimum atomic E-state index is -3.84. The first kappa shape index (κ1) is 16.0. The number of nitrogens with zero attached hydrogens (tertiary/aromatic N) is 1. The number of carboxylic acids is 1. The molecular weight excluding hydrogens is 290 g/mol. The first-order valence-corrected chi connectivity index (χ1v) is 8.62. The lowest BCUT2D eigenvalue weighted by atomic mass is 10.2. The van der Waals surface area contributed by atoms with E-state index in [1.807, 2.05) is 6.26 Å². The summed E-state index contributed by atoms with van der Waals surface area (Å²) in [6.07, 6.45) is 5.69. The molecule has 0 aliphatic carbocycles. The van der Waals surface area contributed by atoms with E-state index in [0.29, 0.717) is 0 Å². The molecule has 1 aromatic heterocycles. The molecule has 0 aromatic carbocycles. The standard InChI is InChI=1S/C10H17N3O4S2/c1-18-6-4-2-3-5-12-19(16,17)9-8(10(14)15)7-11-13-9/h7,12H,2-6H2,1H3,(H,11,13)(H,14,15). The molecule has 0 unspecified atom stereocenters. The lowest BCUT2D eigenvalue weighted by Gasteiger charge is -2.05. The molecule has 1 aromatic rings. The van der Waals surface area contributed by atoms with Crippen molar-refractivity contribution in [1.82, 2.24) is 14.9 Å². The molecule has 0 saturated heterocycles. The number of aromatic carboxylic acids is 1. The van der Waals surface area contributed by atoms with E-state index in [9.17, 15) is 13.2 Å². The molecule has 1 rings (SSSR count). The molecule has 0 aliphatic rings. The summed E-state index contributed by atoms with van der Waals surface area (Å²) in [7, 11) is -3.84. The summed E-state index contributed by atoms with van der Waals surface area (Å²) in [5.74, 6) is -0.273. The fraction of sp³-hybridized carbons (Fsp3) is 0.600. The molecule has 1 heterocycles. The highest BCUT2D eigenvalue weighted by Crippen LogP contribution is 2.11. The van der Waals surface area contributed by atoms with E-state index in [4.69, 9.17) is 5.11 Å². The zero-order valence-corrected chi connectivity index (χ0v) is 12.2. The second-order valence-corrected chi connectivity index (χ2v) is 6.56. The summed E-state index contributed by atoms with van der Waals surface area (Å²) in [6.45, 7) is 0.287. The largest absolute Gasteiger partial charge is 0.478 e. The van der Waals surface area contributed by atoms with Crippen molar-refractivity contribution in [3.8, 4) is 0 Å². The van der Waals surface area contributed by atoms with E-state index >= 15 is 0 Å². The van der Waals surface area contributed by atoms with Crippen LogP contribution in [0.5, 0.6) is 0 Å². The molecule has 9 heteroatoms. The van der Waals surface area contributed by atoms with Crippen LogP contribution in [0.2, 0.25) is 0 Å². The van der Waals surface area contributed by atoms with Gasteiger partial charge in [-0.3, -0.25) is 5.10 Å². The Morgan fingerprint density at radius 2 is 2.21 bits per heavy atom. The number of unbranched alkanes of at least 4 members (excludes halogenated alkanes) is 2. The summed E-state index contributed by atoms with van der Waals surface area (Å²) >= 11 is 1.75. The maximum Gasteiger partial charge on any atom is 0.340 e. The van der Waals surface area contributed by atoms with Gasteiger partial charge in [-0.25, -0.2) is 17.9 Å². The predicted molar refractivity (Wildman–Crippen MR) is 73.0 cm³/mol. The van der Waals surface area contributed by atoms with Gasteiger partial charge < -0.3 is 5.11 Å². The number of thioether (sulfide) groups is 1. The van der Waals surface area contributed by atoms with E-state index < -0.39 is 21.0 Å². The molecule has 0 saturated carbocycles. The van der Waals surface area contributed by atoms with Gasteiger partial charge in [-0.15, -0.1) is 0 Å². The Morgan fingerprint density at radius 1 is 1.47 bits per heavy atom. The molecule has 0 bridgehead atoms. The molecule has 0 aliphatic heterocycles. The van der Waals surface area contributed by atoms with Crippen LogP contribution in [-0.4, -0.2) is 48.2 Å². The lowest BCUT2D eigenvalue weighted by Crippen LogP contribution is -2.26. The monoisotopic (exact) mass is 307 g/mol. The second kappa shape index (κ2) is 7.51. The Bertz CT molecular complexity index is 513. The Hall–Kier alpha value is -1.06. The summed E-state index contributed by atoms with van der Waals surface area (Å²) < 4.78 is 26.1. The molecular formula is C10H17N3O4S2. The predicted octanol–water partition coefficient (Wildman–Crippen LogP) is 0.919. The maximum absolute atomic E-state index is 11.9. The van der Waals surface area contributed by atoms with Gasteiger partial charge in [-0.05, 0) is 24.9 Å². The molecule has 0 radical (unpaired) electrons. The molecule has 0 amide bonds. The Kier molecular flexibility index (Phi) is 6.32. The molecule has 3 N–H and O–H groups in total. The van der Waals surface area contributed by atoms with E-state index in [1.54, 1.807) is 11.8 Å². The minimum Gasteiger partial charge on any atom is -0.478 e. The van der Waals surface area contributed by atoms with Gasteiger partial charge in [-0.2, -0.15) is 16.9 Å². The van der Waals surface area contributed by atoms with Crippen molar-refractivity contribution in [3.63, 3.8) is 0 Å².